The van der Waals surface area contributed by atoms with Crippen LogP contribution in [-0.2, 0) is 0 Å². The molecule has 1 rings (SSSR count). The highest BCUT2D eigenvalue weighted by Gasteiger charge is 1.95. The maximum Gasteiger partial charge on any atom is 0.0656 e. The molecule has 1 heterocycles. The van der Waals surface area contributed by atoms with Gasteiger partial charge in [0.1, 0.15) is 0 Å². The van der Waals surface area contributed by atoms with E-state index in [4.69, 9.17) is 11.6 Å². The Labute approximate surface area is 89.2 Å². The molecule has 0 N–H and O–H groups in total. The number of hydrogen-bond acceptors (Lipinski definition) is 2. The van der Waals surface area contributed by atoms with E-state index in [1.807, 2.05) is 19.1 Å². The first kappa shape index (κ1) is 10.6. The van der Waals surface area contributed by atoms with Gasteiger partial charge in [0, 0.05) is 6.20 Å². The van der Waals surface area contributed by atoms with Gasteiger partial charge in [-0.2, -0.15) is 12.6 Å². The molecule has 0 aliphatic rings. The van der Waals surface area contributed by atoms with Gasteiger partial charge in [0.15, 0.2) is 0 Å². The Bertz CT molecular complexity index is 310. The van der Waals surface area contributed by atoms with Crippen molar-refractivity contribution >= 4 is 30.3 Å². The van der Waals surface area contributed by atoms with Gasteiger partial charge >= 0.3 is 0 Å². The Kier molecular flexibility index (Phi) is 4.33. The summed E-state index contributed by atoms with van der Waals surface area (Å²) < 4.78 is 0. The number of nitrogens with zero attached hydrogens (tertiary/aromatic N) is 1. The molecule has 0 fully saturated rings. The predicted octanol–water partition coefficient (Wildman–Crippen LogP) is 3.38. The minimum atomic E-state index is 0.684. The summed E-state index contributed by atoms with van der Waals surface area (Å²) in [5.74, 6) is 0.864. The van der Waals surface area contributed by atoms with E-state index in [2.05, 4.69) is 23.7 Å². The van der Waals surface area contributed by atoms with E-state index in [0.717, 1.165) is 23.4 Å². The first-order valence-electron chi connectivity index (χ1n) is 4.13. The Morgan fingerprint density at radius 1 is 1.62 bits per heavy atom. The normalized spacial score (nSPS) is 11.0. The maximum atomic E-state index is 5.78. The fourth-order valence-corrected chi connectivity index (χ4v) is 1.36. The number of aryl methyl sites for hydroxylation is 1. The lowest BCUT2D eigenvalue weighted by molar-refractivity contribution is 1.22. The molecular weight excluding hydrogens is 202 g/mol. The molecule has 1 aromatic rings. The molecule has 13 heavy (non-hydrogen) atoms. The SMILES string of the molecule is Cc1cc(Cl)cnc1C=CCCS. The van der Waals surface area contributed by atoms with Crippen LogP contribution in [0, 0.1) is 6.92 Å². The predicted molar refractivity (Wildman–Crippen MR) is 61.5 cm³/mol. The standard InChI is InChI=1S/C10H12ClNS/c1-8-6-9(11)7-12-10(8)4-2-3-5-13/h2,4,6-7,13H,3,5H2,1H3. The Hall–Kier alpha value is -0.470. The summed E-state index contributed by atoms with van der Waals surface area (Å²) in [6, 6.07) is 1.91. The summed E-state index contributed by atoms with van der Waals surface area (Å²) in [5.41, 5.74) is 2.08. The number of pyridine rings is 1. The van der Waals surface area contributed by atoms with E-state index < -0.39 is 0 Å². The molecule has 0 radical (unpaired) electrons. The molecule has 0 bridgehead atoms. The van der Waals surface area contributed by atoms with Crippen molar-refractivity contribution in [3.05, 3.63) is 34.6 Å². The van der Waals surface area contributed by atoms with E-state index in [9.17, 15) is 0 Å². The van der Waals surface area contributed by atoms with Crippen molar-refractivity contribution in [3.63, 3.8) is 0 Å². The third-order valence-electron chi connectivity index (χ3n) is 1.66. The zero-order valence-electron chi connectivity index (χ0n) is 7.50. The van der Waals surface area contributed by atoms with Crippen LogP contribution < -0.4 is 0 Å². The number of allylic oxidation sites excluding steroid dienone is 1. The average Bonchev–Trinajstić information content (AvgIpc) is 2.09. The number of rotatable bonds is 3. The third kappa shape index (κ3) is 3.41. The fourth-order valence-electron chi connectivity index (χ4n) is 0.995. The van der Waals surface area contributed by atoms with Gasteiger partial charge in [0.25, 0.3) is 0 Å². The van der Waals surface area contributed by atoms with Crippen LogP contribution in [-0.4, -0.2) is 10.7 Å². The van der Waals surface area contributed by atoms with Crippen LogP contribution >= 0.6 is 24.2 Å². The molecule has 0 saturated carbocycles. The van der Waals surface area contributed by atoms with Crippen LogP contribution in [0.5, 0.6) is 0 Å². The van der Waals surface area contributed by atoms with Gasteiger partial charge < -0.3 is 0 Å². The van der Waals surface area contributed by atoms with Crippen LogP contribution in [0.1, 0.15) is 17.7 Å². The van der Waals surface area contributed by atoms with Crippen LogP contribution in [0.2, 0.25) is 5.02 Å². The van der Waals surface area contributed by atoms with E-state index >= 15 is 0 Å². The molecule has 0 aliphatic heterocycles. The van der Waals surface area contributed by atoms with Crippen molar-refractivity contribution in [2.24, 2.45) is 0 Å². The van der Waals surface area contributed by atoms with Gasteiger partial charge in [-0.25, -0.2) is 0 Å². The Morgan fingerprint density at radius 3 is 3.00 bits per heavy atom. The van der Waals surface area contributed by atoms with Gasteiger partial charge in [-0.05, 0) is 36.8 Å². The van der Waals surface area contributed by atoms with Gasteiger partial charge in [-0.15, -0.1) is 0 Å². The molecule has 0 unspecified atom stereocenters. The highest BCUT2D eigenvalue weighted by molar-refractivity contribution is 7.80. The van der Waals surface area contributed by atoms with Crippen molar-refractivity contribution in [2.45, 2.75) is 13.3 Å². The Morgan fingerprint density at radius 2 is 2.38 bits per heavy atom. The number of hydrogen-bond donors (Lipinski definition) is 1. The highest BCUT2D eigenvalue weighted by atomic mass is 35.5. The van der Waals surface area contributed by atoms with Crippen molar-refractivity contribution in [1.29, 1.82) is 0 Å². The molecule has 0 atom stereocenters. The quantitative estimate of drug-likeness (QED) is 0.760. The van der Waals surface area contributed by atoms with E-state index in [0.29, 0.717) is 5.02 Å². The molecule has 1 aromatic heterocycles. The monoisotopic (exact) mass is 213 g/mol. The van der Waals surface area contributed by atoms with Crippen molar-refractivity contribution in [2.75, 3.05) is 5.75 Å². The van der Waals surface area contributed by atoms with Gasteiger partial charge in [0.2, 0.25) is 0 Å². The Balaban J connectivity index is 2.77. The first-order chi connectivity index (χ1) is 6.24. The molecule has 0 aliphatic carbocycles. The molecule has 0 spiro atoms. The van der Waals surface area contributed by atoms with E-state index in [-0.39, 0.29) is 0 Å². The van der Waals surface area contributed by atoms with E-state index in [1.165, 1.54) is 0 Å². The third-order valence-corrected chi connectivity index (χ3v) is 2.12. The first-order valence-corrected chi connectivity index (χ1v) is 5.14. The molecule has 1 nitrogen and oxygen atoms in total. The van der Waals surface area contributed by atoms with Crippen LogP contribution in [0.25, 0.3) is 6.08 Å². The fraction of sp³-hybridized carbons (Fsp3) is 0.300. The second-order valence-corrected chi connectivity index (χ2v) is 3.65. The summed E-state index contributed by atoms with van der Waals surface area (Å²) in [6.07, 6.45) is 6.69. The van der Waals surface area contributed by atoms with Crippen LogP contribution in [0.4, 0.5) is 0 Å². The van der Waals surface area contributed by atoms with Crippen LogP contribution in [0.15, 0.2) is 18.3 Å². The topological polar surface area (TPSA) is 12.9 Å². The number of halogens is 1. The second-order valence-electron chi connectivity index (χ2n) is 2.77. The number of thiol groups is 1. The van der Waals surface area contributed by atoms with E-state index in [1.54, 1.807) is 6.20 Å². The van der Waals surface area contributed by atoms with Gasteiger partial charge in [-0.3, -0.25) is 4.98 Å². The second kappa shape index (κ2) is 5.30. The average molecular weight is 214 g/mol. The summed E-state index contributed by atoms with van der Waals surface area (Å²) in [6.45, 7) is 2.00. The van der Waals surface area contributed by atoms with Crippen LogP contribution in [0.3, 0.4) is 0 Å². The zero-order chi connectivity index (χ0) is 9.68. The zero-order valence-corrected chi connectivity index (χ0v) is 9.15. The number of aromatic nitrogens is 1. The lowest BCUT2D eigenvalue weighted by atomic mass is 10.2. The summed E-state index contributed by atoms with van der Waals surface area (Å²) in [5, 5.41) is 0.684. The summed E-state index contributed by atoms with van der Waals surface area (Å²) in [7, 11) is 0. The summed E-state index contributed by atoms with van der Waals surface area (Å²) >= 11 is 9.90. The molecule has 0 amide bonds. The highest BCUT2D eigenvalue weighted by Crippen LogP contribution is 2.13. The summed E-state index contributed by atoms with van der Waals surface area (Å²) in [4.78, 5) is 4.21. The maximum absolute atomic E-state index is 5.78. The van der Waals surface area contributed by atoms with Gasteiger partial charge in [-0.1, -0.05) is 17.7 Å². The van der Waals surface area contributed by atoms with Crippen molar-refractivity contribution < 1.29 is 0 Å². The van der Waals surface area contributed by atoms with Crippen molar-refractivity contribution in [3.8, 4) is 0 Å². The molecule has 0 saturated heterocycles. The van der Waals surface area contributed by atoms with Crippen molar-refractivity contribution in [1.82, 2.24) is 4.98 Å². The molecule has 0 aromatic carbocycles. The largest absolute Gasteiger partial charge is 0.255 e. The smallest absolute Gasteiger partial charge is 0.0656 e. The lowest BCUT2D eigenvalue weighted by Gasteiger charge is -1.98. The molecule has 70 valence electrons. The van der Waals surface area contributed by atoms with Gasteiger partial charge in [0.05, 0.1) is 10.7 Å². The lowest BCUT2D eigenvalue weighted by Crippen LogP contribution is -1.85. The molecular formula is C10H12ClNS. The minimum absolute atomic E-state index is 0.684. The molecule has 3 heteroatoms. The minimum Gasteiger partial charge on any atom is -0.255 e.